The molecular formula is C32H26Cl3N3O4S. The van der Waals surface area contributed by atoms with Gasteiger partial charge in [-0.25, -0.2) is 0 Å². The molecule has 0 atom stereocenters. The van der Waals surface area contributed by atoms with Crippen molar-refractivity contribution in [3.8, 4) is 5.75 Å². The summed E-state index contributed by atoms with van der Waals surface area (Å²) in [6.07, 6.45) is 1.48. The zero-order chi connectivity index (χ0) is 30.9. The van der Waals surface area contributed by atoms with Gasteiger partial charge in [0.15, 0.2) is 0 Å². The number of nitrogens with one attached hydrogen (secondary N) is 3. The van der Waals surface area contributed by atoms with Crippen molar-refractivity contribution in [1.82, 2.24) is 5.32 Å². The van der Waals surface area contributed by atoms with Crippen molar-refractivity contribution in [1.29, 1.82) is 0 Å². The number of ether oxygens (including phenoxy) is 1. The number of carbonyl (C=O) groups excluding carboxylic acids is 3. The fraction of sp³-hybridized carbons (Fsp3) is 0.0938. The standard InChI is InChI=1S/C32H26Cl3N3O4S/c1-19-14-27(29(42-2)17-25(19)34)37-30(39)18-43-24-12-10-23(11-13-24)36-32(41)28(15-21-8-9-22(33)16-26(21)35)38-31(40)20-6-4-3-5-7-20/h3-17H,18H2,1-2H3,(H,36,41)(H,37,39)(H,38,40)/b28-15-. The van der Waals surface area contributed by atoms with Crippen LogP contribution in [0.3, 0.4) is 0 Å². The minimum atomic E-state index is -0.553. The van der Waals surface area contributed by atoms with Gasteiger partial charge in [0, 0.05) is 37.3 Å². The number of anilines is 2. The van der Waals surface area contributed by atoms with Crippen LogP contribution in [0.5, 0.6) is 5.75 Å². The summed E-state index contributed by atoms with van der Waals surface area (Å²) in [7, 11) is 1.51. The van der Waals surface area contributed by atoms with Crippen LogP contribution in [0.1, 0.15) is 21.5 Å². The molecule has 0 saturated carbocycles. The Morgan fingerprint density at radius 3 is 2.26 bits per heavy atom. The Kier molecular flexibility index (Phi) is 11.1. The van der Waals surface area contributed by atoms with Crippen LogP contribution in [0.25, 0.3) is 6.08 Å². The molecule has 0 aromatic heterocycles. The number of thioether (sulfide) groups is 1. The lowest BCUT2D eigenvalue weighted by Gasteiger charge is -2.13. The first-order valence-electron chi connectivity index (χ1n) is 12.8. The van der Waals surface area contributed by atoms with Gasteiger partial charge < -0.3 is 20.7 Å². The van der Waals surface area contributed by atoms with Gasteiger partial charge in [0.25, 0.3) is 11.8 Å². The number of benzene rings is 4. The van der Waals surface area contributed by atoms with E-state index in [4.69, 9.17) is 39.5 Å². The number of rotatable bonds is 10. The molecule has 0 heterocycles. The lowest BCUT2D eigenvalue weighted by Crippen LogP contribution is -2.30. The van der Waals surface area contributed by atoms with Crippen LogP contribution < -0.4 is 20.7 Å². The monoisotopic (exact) mass is 653 g/mol. The van der Waals surface area contributed by atoms with Crippen LogP contribution in [0.15, 0.2) is 95.5 Å². The Morgan fingerprint density at radius 2 is 1.58 bits per heavy atom. The molecular weight excluding hydrogens is 629 g/mol. The van der Waals surface area contributed by atoms with E-state index in [1.54, 1.807) is 84.9 Å². The molecule has 0 aliphatic heterocycles. The van der Waals surface area contributed by atoms with E-state index in [-0.39, 0.29) is 17.4 Å². The summed E-state index contributed by atoms with van der Waals surface area (Å²) in [6, 6.07) is 23.8. The van der Waals surface area contributed by atoms with E-state index in [9.17, 15) is 14.4 Å². The molecule has 4 aromatic rings. The first kappa shape index (κ1) is 32.0. The van der Waals surface area contributed by atoms with Crippen LogP contribution in [0.4, 0.5) is 11.4 Å². The number of hydrogen-bond donors (Lipinski definition) is 3. The SMILES string of the molecule is COc1cc(Cl)c(C)cc1NC(=O)CSc1ccc(NC(=O)/C(=C/c2ccc(Cl)cc2Cl)NC(=O)c2ccccc2)cc1. The molecule has 43 heavy (non-hydrogen) atoms. The molecule has 0 spiro atoms. The van der Waals surface area contributed by atoms with Gasteiger partial charge in [0.05, 0.1) is 18.6 Å². The number of carbonyl (C=O) groups is 3. The Balaban J connectivity index is 1.42. The molecule has 220 valence electrons. The summed E-state index contributed by atoms with van der Waals surface area (Å²) in [5.41, 5.74) is 2.72. The average molecular weight is 655 g/mol. The van der Waals surface area contributed by atoms with Crippen molar-refractivity contribution >= 4 is 81.7 Å². The molecule has 0 unspecified atom stereocenters. The summed E-state index contributed by atoms with van der Waals surface area (Å²) in [6.45, 7) is 1.84. The minimum Gasteiger partial charge on any atom is -0.495 e. The van der Waals surface area contributed by atoms with E-state index >= 15 is 0 Å². The van der Waals surface area contributed by atoms with Crippen LogP contribution in [0, 0.1) is 6.92 Å². The number of halogens is 3. The van der Waals surface area contributed by atoms with Crippen molar-refractivity contribution in [2.24, 2.45) is 0 Å². The smallest absolute Gasteiger partial charge is 0.272 e. The molecule has 11 heteroatoms. The normalized spacial score (nSPS) is 11.0. The Bertz CT molecular complexity index is 1680. The topological polar surface area (TPSA) is 96.5 Å². The molecule has 0 saturated heterocycles. The van der Waals surface area contributed by atoms with Crippen LogP contribution >= 0.6 is 46.6 Å². The van der Waals surface area contributed by atoms with Crippen molar-refractivity contribution in [3.63, 3.8) is 0 Å². The molecule has 3 N–H and O–H groups in total. The zero-order valence-corrected chi connectivity index (χ0v) is 26.1. The van der Waals surface area contributed by atoms with Crippen molar-refractivity contribution in [2.75, 3.05) is 23.5 Å². The van der Waals surface area contributed by atoms with Crippen molar-refractivity contribution < 1.29 is 19.1 Å². The molecule has 0 radical (unpaired) electrons. The highest BCUT2D eigenvalue weighted by molar-refractivity contribution is 8.00. The second-order valence-electron chi connectivity index (χ2n) is 9.16. The highest BCUT2D eigenvalue weighted by Crippen LogP contribution is 2.31. The second kappa shape index (κ2) is 15.0. The van der Waals surface area contributed by atoms with Gasteiger partial charge in [-0.3, -0.25) is 14.4 Å². The second-order valence-corrected chi connectivity index (χ2v) is 11.5. The van der Waals surface area contributed by atoms with Gasteiger partial charge in [0.1, 0.15) is 11.4 Å². The van der Waals surface area contributed by atoms with Crippen molar-refractivity contribution in [3.05, 3.63) is 122 Å². The third-order valence-electron chi connectivity index (χ3n) is 6.03. The Morgan fingerprint density at radius 1 is 0.860 bits per heavy atom. The van der Waals surface area contributed by atoms with Gasteiger partial charge in [-0.15, -0.1) is 11.8 Å². The van der Waals surface area contributed by atoms with E-state index < -0.39 is 11.8 Å². The first-order valence-corrected chi connectivity index (χ1v) is 15.0. The Hall–Kier alpha value is -3.95. The fourth-order valence-corrected chi connectivity index (χ4v) is 5.13. The number of aryl methyl sites for hydroxylation is 1. The summed E-state index contributed by atoms with van der Waals surface area (Å²) < 4.78 is 5.31. The van der Waals surface area contributed by atoms with E-state index in [0.717, 1.165) is 10.5 Å². The largest absolute Gasteiger partial charge is 0.495 e. The average Bonchev–Trinajstić information content (AvgIpc) is 2.99. The van der Waals surface area contributed by atoms with Gasteiger partial charge in [-0.2, -0.15) is 0 Å². The number of methoxy groups -OCH3 is 1. The van der Waals surface area contributed by atoms with Gasteiger partial charge in [-0.05, 0) is 78.7 Å². The van der Waals surface area contributed by atoms with Crippen LogP contribution in [-0.4, -0.2) is 30.6 Å². The molecule has 4 rings (SSSR count). The summed E-state index contributed by atoms with van der Waals surface area (Å²) in [5.74, 6) is -0.602. The molecule has 0 bridgehead atoms. The molecule has 0 fully saturated rings. The zero-order valence-electron chi connectivity index (χ0n) is 23.0. The number of amides is 3. The van der Waals surface area contributed by atoms with Crippen LogP contribution in [0.2, 0.25) is 15.1 Å². The molecule has 3 amide bonds. The molecule has 7 nitrogen and oxygen atoms in total. The Labute approximate surface area is 268 Å². The van der Waals surface area contributed by atoms with E-state index in [1.807, 2.05) is 6.92 Å². The summed E-state index contributed by atoms with van der Waals surface area (Å²) in [5, 5.41) is 9.63. The van der Waals surface area contributed by atoms with Gasteiger partial charge in [0.2, 0.25) is 5.91 Å². The van der Waals surface area contributed by atoms with Crippen molar-refractivity contribution in [2.45, 2.75) is 11.8 Å². The third kappa shape index (κ3) is 9.02. The first-order chi connectivity index (χ1) is 20.6. The maximum absolute atomic E-state index is 13.3. The molecule has 0 aliphatic rings. The van der Waals surface area contributed by atoms with Crippen LogP contribution in [-0.2, 0) is 9.59 Å². The van der Waals surface area contributed by atoms with E-state index in [2.05, 4.69) is 16.0 Å². The highest BCUT2D eigenvalue weighted by atomic mass is 35.5. The minimum absolute atomic E-state index is 0.0129. The predicted molar refractivity (Wildman–Crippen MR) is 176 cm³/mol. The number of hydrogen-bond acceptors (Lipinski definition) is 5. The molecule has 0 aliphatic carbocycles. The highest BCUT2D eigenvalue weighted by Gasteiger charge is 2.16. The summed E-state index contributed by atoms with van der Waals surface area (Å²) >= 11 is 19.8. The maximum Gasteiger partial charge on any atom is 0.272 e. The lowest BCUT2D eigenvalue weighted by atomic mass is 10.1. The molecule has 4 aromatic carbocycles. The fourth-order valence-electron chi connectivity index (χ4n) is 3.81. The van der Waals surface area contributed by atoms with Gasteiger partial charge in [-0.1, -0.05) is 59.1 Å². The predicted octanol–water partition coefficient (Wildman–Crippen LogP) is 8.10. The summed E-state index contributed by atoms with van der Waals surface area (Å²) in [4.78, 5) is 39.6. The van der Waals surface area contributed by atoms with E-state index in [0.29, 0.717) is 43.3 Å². The van der Waals surface area contributed by atoms with Gasteiger partial charge >= 0.3 is 0 Å². The maximum atomic E-state index is 13.3. The third-order valence-corrected chi connectivity index (χ3v) is 8.01. The quantitative estimate of drug-likeness (QED) is 0.119. The lowest BCUT2D eigenvalue weighted by molar-refractivity contribution is -0.114. The van der Waals surface area contributed by atoms with E-state index in [1.165, 1.54) is 24.9 Å².